The third-order valence-electron chi connectivity index (χ3n) is 4.81. The Kier molecular flexibility index (Phi) is 8.26. The summed E-state index contributed by atoms with van der Waals surface area (Å²) in [5.74, 6) is -0.428. The van der Waals surface area contributed by atoms with Gasteiger partial charge in [-0.1, -0.05) is 57.2 Å². The van der Waals surface area contributed by atoms with E-state index >= 15 is 0 Å². The first-order valence-electron chi connectivity index (χ1n) is 10.2. The van der Waals surface area contributed by atoms with Gasteiger partial charge in [0.15, 0.2) is 0 Å². The Balaban J connectivity index is 2.07. The third-order valence-corrected chi connectivity index (χ3v) is 4.81. The number of benzene rings is 2. The van der Waals surface area contributed by atoms with Gasteiger partial charge in [-0.2, -0.15) is 13.2 Å². The summed E-state index contributed by atoms with van der Waals surface area (Å²) in [5, 5.41) is 7.80. The first-order chi connectivity index (χ1) is 14.9. The fourth-order valence-electron chi connectivity index (χ4n) is 3.12. The van der Waals surface area contributed by atoms with Crippen molar-refractivity contribution in [3.63, 3.8) is 0 Å². The van der Waals surface area contributed by atoms with Crippen LogP contribution in [0.15, 0.2) is 54.6 Å². The van der Waals surface area contributed by atoms with E-state index in [1.54, 1.807) is 20.8 Å². The number of carbonyl (C=O) groups is 2. The van der Waals surface area contributed by atoms with Gasteiger partial charge in [-0.05, 0) is 35.6 Å². The van der Waals surface area contributed by atoms with E-state index in [0.717, 1.165) is 17.7 Å². The number of urea groups is 1. The highest BCUT2D eigenvalue weighted by molar-refractivity contribution is 5.94. The molecule has 32 heavy (non-hydrogen) atoms. The Bertz CT molecular complexity index is 911. The predicted octanol–water partition coefficient (Wildman–Crippen LogP) is 3.93. The zero-order valence-corrected chi connectivity index (χ0v) is 18.3. The summed E-state index contributed by atoms with van der Waals surface area (Å²) in [6.45, 7) is 5.53. The van der Waals surface area contributed by atoms with Crippen LogP contribution in [0.1, 0.15) is 31.9 Å². The maximum Gasteiger partial charge on any atom is 0.416 e. The number of nitrogens with one attached hydrogen (secondary N) is 3. The maximum atomic E-state index is 13.0. The molecular weight excluding hydrogens is 421 g/mol. The molecule has 174 valence electrons. The molecule has 0 saturated heterocycles. The average molecular weight is 451 g/mol. The number of nitrogens with two attached hydrogens (primary N) is 1. The lowest BCUT2D eigenvalue weighted by atomic mass is 9.86. The van der Waals surface area contributed by atoms with E-state index in [-0.39, 0.29) is 18.3 Å². The molecule has 5 N–H and O–H groups in total. The quantitative estimate of drug-likeness (QED) is 0.515. The van der Waals surface area contributed by atoms with Crippen LogP contribution in [0.4, 0.5) is 23.7 Å². The van der Waals surface area contributed by atoms with Crippen LogP contribution in [0.2, 0.25) is 0 Å². The van der Waals surface area contributed by atoms with Crippen molar-refractivity contribution < 1.29 is 22.8 Å². The molecule has 0 saturated carbocycles. The monoisotopic (exact) mass is 450 g/mol. The van der Waals surface area contributed by atoms with Gasteiger partial charge in [-0.3, -0.25) is 4.79 Å². The van der Waals surface area contributed by atoms with E-state index in [9.17, 15) is 22.8 Å². The van der Waals surface area contributed by atoms with Crippen molar-refractivity contribution in [2.24, 2.45) is 11.1 Å². The highest BCUT2D eigenvalue weighted by Crippen LogP contribution is 2.30. The molecule has 0 heterocycles. The van der Waals surface area contributed by atoms with Crippen LogP contribution in [0.25, 0.3) is 0 Å². The fourth-order valence-corrected chi connectivity index (χ4v) is 3.12. The molecule has 2 aromatic carbocycles. The molecule has 0 bridgehead atoms. The molecule has 6 nitrogen and oxygen atoms in total. The van der Waals surface area contributed by atoms with E-state index in [0.29, 0.717) is 6.42 Å². The highest BCUT2D eigenvalue weighted by Gasteiger charge is 2.34. The SMILES string of the molecule is CC(C)(C)[C@H](NC(=O)Nc1cccc(C(F)(F)F)c1)C(=O)N[C@H](CN)Cc1ccccc1. The molecule has 2 atom stereocenters. The Hall–Kier alpha value is -3.07. The van der Waals surface area contributed by atoms with E-state index in [1.807, 2.05) is 30.3 Å². The van der Waals surface area contributed by atoms with Gasteiger partial charge in [0.25, 0.3) is 0 Å². The minimum Gasteiger partial charge on any atom is -0.350 e. The fraction of sp³-hybridized carbons (Fsp3) is 0.391. The Morgan fingerprint density at radius 2 is 1.62 bits per heavy atom. The lowest BCUT2D eigenvalue weighted by Crippen LogP contribution is -2.57. The molecule has 2 aromatic rings. The van der Waals surface area contributed by atoms with Gasteiger partial charge in [-0.15, -0.1) is 0 Å². The topological polar surface area (TPSA) is 96.2 Å². The van der Waals surface area contributed by atoms with Gasteiger partial charge in [0.2, 0.25) is 5.91 Å². The molecular formula is C23H29F3N4O2. The third kappa shape index (κ3) is 7.56. The van der Waals surface area contributed by atoms with Crippen molar-refractivity contribution >= 4 is 17.6 Å². The Morgan fingerprint density at radius 1 is 0.969 bits per heavy atom. The van der Waals surface area contributed by atoms with Crippen LogP contribution >= 0.6 is 0 Å². The van der Waals surface area contributed by atoms with E-state index < -0.39 is 35.1 Å². The lowest BCUT2D eigenvalue weighted by Gasteiger charge is -2.32. The van der Waals surface area contributed by atoms with Crippen molar-refractivity contribution in [1.29, 1.82) is 0 Å². The summed E-state index contributed by atoms with van der Waals surface area (Å²) in [7, 11) is 0. The van der Waals surface area contributed by atoms with Crippen molar-refractivity contribution in [3.05, 3.63) is 65.7 Å². The van der Waals surface area contributed by atoms with Crippen molar-refractivity contribution in [1.82, 2.24) is 10.6 Å². The van der Waals surface area contributed by atoms with Crippen LogP contribution in [0, 0.1) is 5.41 Å². The summed E-state index contributed by atoms with van der Waals surface area (Å²) >= 11 is 0. The van der Waals surface area contributed by atoms with Crippen molar-refractivity contribution in [2.45, 2.75) is 45.5 Å². The van der Waals surface area contributed by atoms with E-state index in [2.05, 4.69) is 16.0 Å². The Labute approximate surface area is 185 Å². The standard InChI is InChI=1S/C23H29F3N4O2/c1-22(2,3)19(20(31)28-18(14-27)12-15-8-5-4-6-9-15)30-21(32)29-17-11-7-10-16(13-17)23(24,25)26/h4-11,13,18-19H,12,14,27H2,1-3H3,(H,28,31)(H2,29,30,32)/t18-,19+/m0/s1. The number of hydrogen-bond acceptors (Lipinski definition) is 3. The largest absolute Gasteiger partial charge is 0.416 e. The second-order valence-corrected chi connectivity index (χ2v) is 8.61. The van der Waals surface area contributed by atoms with Crippen LogP contribution < -0.4 is 21.7 Å². The van der Waals surface area contributed by atoms with Gasteiger partial charge in [0.1, 0.15) is 6.04 Å². The first-order valence-corrected chi connectivity index (χ1v) is 10.2. The second-order valence-electron chi connectivity index (χ2n) is 8.61. The number of hydrogen-bond donors (Lipinski definition) is 4. The molecule has 0 aliphatic heterocycles. The zero-order chi connectivity index (χ0) is 23.9. The summed E-state index contributed by atoms with van der Waals surface area (Å²) in [4.78, 5) is 25.4. The predicted molar refractivity (Wildman–Crippen MR) is 118 cm³/mol. The normalized spacial score (nSPS) is 13.7. The van der Waals surface area contributed by atoms with E-state index in [4.69, 9.17) is 5.73 Å². The molecule has 0 aliphatic carbocycles. The van der Waals surface area contributed by atoms with Gasteiger partial charge in [-0.25, -0.2) is 4.79 Å². The first kappa shape index (κ1) is 25.2. The number of anilines is 1. The van der Waals surface area contributed by atoms with Gasteiger partial charge >= 0.3 is 12.2 Å². The lowest BCUT2D eigenvalue weighted by molar-refractivity contribution is -0.137. The second kappa shape index (κ2) is 10.5. The summed E-state index contributed by atoms with van der Waals surface area (Å²) in [5.41, 5.74) is 5.25. The minimum atomic E-state index is -4.53. The smallest absolute Gasteiger partial charge is 0.350 e. The molecule has 0 radical (unpaired) electrons. The molecule has 9 heteroatoms. The van der Waals surface area contributed by atoms with Gasteiger partial charge in [0, 0.05) is 18.3 Å². The van der Waals surface area contributed by atoms with Crippen LogP contribution in [-0.2, 0) is 17.4 Å². The Morgan fingerprint density at radius 3 is 2.19 bits per heavy atom. The summed E-state index contributed by atoms with van der Waals surface area (Å²) < 4.78 is 38.7. The maximum absolute atomic E-state index is 13.0. The van der Waals surface area contributed by atoms with Crippen LogP contribution in [0.5, 0.6) is 0 Å². The number of carbonyl (C=O) groups excluding carboxylic acids is 2. The van der Waals surface area contributed by atoms with Crippen LogP contribution in [0.3, 0.4) is 0 Å². The number of alkyl halides is 3. The zero-order valence-electron chi connectivity index (χ0n) is 18.3. The highest BCUT2D eigenvalue weighted by atomic mass is 19.4. The molecule has 0 spiro atoms. The van der Waals surface area contributed by atoms with Gasteiger partial charge < -0.3 is 21.7 Å². The van der Waals surface area contributed by atoms with Crippen LogP contribution in [-0.4, -0.2) is 30.6 Å². The number of halogens is 3. The van der Waals surface area contributed by atoms with Crippen molar-refractivity contribution in [2.75, 3.05) is 11.9 Å². The molecule has 0 aliphatic rings. The summed E-state index contributed by atoms with van der Waals surface area (Å²) in [6.07, 6.45) is -4.01. The van der Waals surface area contributed by atoms with Crippen molar-refractivity contribution in [3.8, 4) is 0 Å². The molecule has 0 unspecified atom stereocenters. The molecule has 0 fully saturated rings. The van der Waals surface area contributed by atoms with E-state index in [1.165, 1.54) is 12.1 Å². The number of amides is 3. The van der Waals surface area contributed by atoms with Gasteiger partial charge in [0.05, 0.1) is 5.56 Å². The molecule has 0 aromatic heterocycles. The molecule has 2 rings (SSSR count). The minimum absolute atomic E-state index is 0.0331. The average Bonchev–Trinajstić information content (AvgIpc) is 2.71. The number of rotatable bonds is 7. The summed E-state index contributed by atoms with van der Waals surface area (Å²) in [6, 6.07) is 11.7. The molecule has 3 amide bonds.